The van der Waals surface area contributed by atoms with Crippen LogP contribution in [0.3, 0.4) is 0 Å². The topological polar surface area (TPSA) is 72.9 Å². The van der Waals surface area contributed by atoms with E-state index in [0.717, 1.165) is 43.5 Å². The van der Waals surface area contributed by atoms with Crippen LogP contribution in [0.25, 0.3) is 0 Å². The third-order valence-electron chi connectivity index (χ3n) is 6.94. The van der Waals surface area contributed by atoms with E-state index in [1.807, 2.05) is 31.2 Å². The van der Waals surface area contributed by atoms with E-state index in [0.29, 0.717) is 37.8 Å². The molecule has 4 atom stereocenters. The van der Waals surface area contributed by atoms with Gasteiger partial charge in [0.2, 0.25) is 11.8 Å². The summed E-state index contributed by atoms with van der Waals surface area (Å²) in [7, 11) is 0. The number of hydrogen-bond donors (Lipinski definition) is 2. The zero-order valence-electron chi connectivity index (χ0n) is 17.3. The Hall–Kier alpha value is -1.92. The summed E-state index contributed by atoms with van der Waals surface area (Å²) in [6.07, 6.45) is 4.14. The van der Waals surface area contributed by atoms with Crippen molar-refractivity contribution in [1.82, 2.24) is 15.1 Å². The smallest absolute Gasteiger partial charge is 0.224 e. The molecular formula is C23H33N3O3. The van der Waals surface area contributed by atoms with Crippen molar-refractivity contribution in [3.63, 3.8) is 0 Å². The molecule has 0 spiro atoms. The number of aryl methyl sites for hydroxylation is 1. The molecule has 158 valence electrons. The maximum Gasteiger partial charge on any atom is 0.224 e. The van der Waals surface area contributed by atoms with Gasteiger partial charge in [0.1, 0.15) is 0 Å². The molecule has 4 rings (SSSR count). The molecule has 2 amide bonds. The number of nitrogens with one attached hydrogen (secondary N) is 1. The van der Waals surface area contributed by atoms with Crippen molar-refractivity contribution in [2.45, 2.75) is 51.1 Å². The normalized spacial score (nSPS) is 29.4. The molecule has 1 aromatic carbocycles. The fourth-order valence-electron chi connectivity index (χ4n) is 5.75. The Morgan fingerprint density at radius 1 is 1.28 bits per heavy atom. The molecule has 0 saturated carbocycles. The van der Waals surface area contributed by atoms with Crippen LogP contribution in [0.15, 0.2) is 24.3 Å². The van der Waals surface area contributed by atoms with Crippen LogP contribution in [0.2, 0.25) is 0 Å². The van der Waals surface area contributed by atoms with E-state index in [1.165, 1.54) is 0 Å². The third kappa shape index (κ3) is 4.48. The third-order valence-corrected chi connectivity index (χ3v) is 6.94. The Morgan fingerprint density at radius 2 is 2.10 bits per heavy atom. The van der Waals surface area contributed by atoms with E-state index >= 15 is 0 Å². The fraction of sp³-hybridized carbons (Fsp3) is 0.652. The van der Waals surface area contributed by atoms with Gasteiger partial charge in [-0.2, -0.15) is 0 Å². The monoisotopic (exact) mass is 399 g/mol. The van der Waals surface area contributed by atoms with Crippen molar-refractivity contribution >= 4 is 11.8 Å². The van der Waals surface area contributed by atoms with Gasteiger partial charge in [-0.1, -0.05) is 29.8 Å². The van der Waals surface area contributed by atoms with Crippen LogP contribution in [-0.4, -0.2) is 71.6 Å². The van der Waals surface area contributed by atoms with Crippen LogP contribution in [0.5, 0.6) is 0 Å². The Labute approximate surface area is 173 Å². The molecule has 6 nitrogen and oxygen atoms in total. The minimum absolute atomic E-state index is 0.0155. The summed E-state index contributed by atoms with van der Waals surface area (Å²) in [5.74, 6) is 1.12. The van der Waals surface area contributed by atoms with Gasteiger partial charge in [0, 0.05) is 38.6 Å². The van der Waals surface area contributed by atoms with E-state index in [4.69, 9.17) is 0 Å². The molecule has 0 aliphatic carbocycles. The number of piperidine rings is 3. The standard InChI is InChI=1S/C23H33N3O3/c1-16-4-2-5-17(10-16)11-22(28)24-13-21-19-12-18(14-25(15-19)8-9-27)20-6-3-7-23(29)26(20)21/h2,4-5,10,18-21,27H,3,6-9,11-15H2,1H3,(H,24,28)/t18-,19+,20+,21+/m1/s1. The van der Waals surface area contributed by atoms with Crippen LogP contribution in [0, 0.1) is 18.8 Å². The van der Waals surface area contributed by atoms with Gasteiger partial charge in [0.25, 0.3) is 0 Å². The number of β-amino-alcohol motifs (C(OH)–C–C–N with tert-alkyl or cyclic N) is 1. The average Bonchev–Trinajstić information content (AvgIpc) is 2.68. The number of aliphatic hydroxyl groups is 1. The number of rotatable bonds is 6. The zero-order chi connectivity index (χ0) is 20.4. The number of carbonyl (C=O) groups is 2. The number of carbonyl (C=O) groups excluding carboxylic acids is 2. The van der Waals surface area contributed by atoms with Gasteiger partial charge in [0.05, 0.1) is 19.1 Å². The van der Waals surface area contributed by atoms with Gasteiger partial charge < -0.3 is 20.2 Å². The first-order chi connectivity index (χ1) is 14.0. The van der Waals surface area contributed by atoms with Gasteiger partial charge in [-0.25, -0.2) is 0 Å². The number of fused-ring (bicyclic) bond motifs is 4. The van der Waals surface area contributed by atoms with Gasteiger partial charge in [-0.05, 0) is 43.6 Å². The molecule has 3 fully saturated rings. The predicted molar refractivity (Wildman–Crippen MR) is 111 cm³/mol. The quantitative estimate of drug-likeness (QED) is 0.757. The van der Waals surface area contributed by atoms with Gasteiger partial charge in [0.15, 0.2) is 0 Å². The molecule has 3 aliphatic rings. The molecule has 29 heavy (non-hydrogen) atoms. The molecule has 0 unspecified atom stereocenters. The molecule has 0 aromatic heterocycles. The highest BCUT2D eigenvalue weighted by Crippen LogP contribution is 2.41. The molecule has 2 bridgehead atoms. The van der Waals surface area contributed by atoms with Crippen LogP contribution in [0.1, 0.15) is 36.8 Å². The summed E-state index contributed by atoms with van der Waals surface area (Å²) in [6, 6.07) is 8.38. The van der Waals surface area contributed by atoms with E-state index in [1.54, 1.807) is 0 Å². The molecule has 3 heterocycles. The van der Waals surface area contributed by atoms with E-state index in [2.05, 4.69) is 15.1 Å². The van der Waals surface area contributed by atoms with E-state index < -0.39 is 0 Å². The SMILES string of the molecule is Cc1cccc(CC(=O)NC[C@H]2[C@H]3C[C@H](CN(CCO)C3)[C@@H]3CCCC(=O)N32)c1. The second kappa shape index (κ2) is 8.84. The van der Waals surface area contributed by atoms with Gasteiger partial charge in [-0.15, -0.1) is 0 Å². The number of nitrogens with zero attached hydrogens (tertiary/aromatic N) is 2. The minimum atomic E-state index is 0.0155. The van der Waals surface area contributed by atoms with Crippen molar-refractivity contribution in [3.8, 4) is 0 Å². The highest BCUT2D eigenvalue weighted by atomic mass is 16.3. The molecule has 1 aromatic rings. The van der Waals surface area contributed by atoms with Crippen molar-refractivity contribution in [2.75, 3.05) is 32.8 Å². The number of amides is 2. The molecule has 3 saturated heterocycles. The summed E-state index contributed by atoms with van der Waals surface area (Å²) in [4.78, 5) is 29.9. The van der Waals surface area contributed by atoms with Crippen molar-refractivity contribution in [3.05, 3.63) is 35.4 Å². The van der Waals surface area contributed by atoms with Crippen LogP contribution in [0.4, 0.5) is 0 Å². The summed E-state index contributed by atoms with van der Waals surface area (Å²) >= 11 is 0. The average molecular weight is 400 g/mol. The maximum atomic E-state index is 12.8. The number of aliphatic hydroxyl groups excluding tert-OH is 1. The highest BCUT2D eigenvalue weighted by Gasteiger charge is 2.49. The lowest BCUT2D eigenvalue weighted by Gasteiger charge is -2.56. The van der Waals surface area contributed by atoms with E-state index in [-0.39, 0.29) is 30.5 Å². The van der Waals surface area contributed by atoms with E-state index in [9.17, 15) is 14.7 Å². The molecule has 3 aliphatic heterocycles. The molecular weight excluding hydrogens is 366 g/mol. The highest BCUT2D eigenvalue weighted by molar-refractivity contribution is 5.79. The summed E-state index contributed by atoms with van der Waals surface area (Å²) in [6.45, 7) is 5.29. The second-order valence-electron chi connectivity index (χ2n) is 9.04. The summed E-state index contributed by atoms with van der Waals surface area (Å²) in [5, 5.41) is 12.5. The lowest BCUT2D eigenvalue weighted by Crippen LogP contribution is -2.67. The lowest BCUT2D eigenvalue weighted by molar-refractivity contribution is -0.153. The van der Waals surface area contributed by atoms with Gasteiger partial charge >= 0.3 is 0 Å². The van der Waals surface area contributed by atoms with Gasteiger partial charge in [-0.3, -0.25) is 9.59 Å². The largest absolute Gasteiger partial charge is 0.395 e. The molecule has 2 N–H and O–H groups in total. The molecule has 6 heteroatoms. The first kappa shape index (κ1) is 20.4. The summed E-state index contributed by atoms with van der Waals surface area (Å²) in [5.41, 5.74) is 2.17. The number of benzene rings is 1. The van der Waals surface area contributed by atoms with Crippen LogP contribution in [-0.2, 0) is 16.0 Å². The van der Waals surface area contributed by atoms with Crippen LogP contribution >= 0.6 is 0 Å². The first-order valence-electron chi connectivity index (χ1n) is 11.0. The lowest BCUT2D eigenvalue weighted by atomic mass is 9.72. The Kier molecular flexibility index (Phi) is 6.20. The van der Waals surface area contributed by atoms with Crippen molar-refractivity contribution in [2.24, 2.45) is 11.8 Å². The maximum absolute atomic E-state index is 12.8. The Bertz CT molecular complexity index is 751. The minimum Gasteiger partial charge on any atom is -0.395 e. The van der Waals surface area contributed by atoms with Crippen molar-refractivity contribution in [1.29, 1.82) is 0 Å². The molecule has 0 radical (unpaired) electrons. The Morgan fingerprint density at radius 3 is 2.90 bits per heavy atom. The second-order valence-corrected chi connectivity index (χ2v) is 9.04. The zero-order valence-corrected chi connectivity index (χ0v) is 17.3. The van der Waals surface area contributed by atoms with Crippen molar-refractivity contribution < 1.29 is 14.7 Å². The fourth-order valence-corrected chi connectivity index (χ4v) is 5.75. The van der Waals surface area contributed by atoms with Crippen LogP contribution < -0.4 is 5.32 Å². The predicted octanol–water partition coefficient (Wildman–Crippen LogP) is 1.35. The first-order valence-corrected chi connectivity index (χ1v) is 11.0. The number of hydrogen-bond acceptors (Lipinski definition) is 4. The number of likely N-dealkylation sites (tertiary alicyclic amines) is 1. The Balaban J connectivity index is 1.44. The summed E-state index contributed by atoms with van der Waals surface area (Å²) < 4.78 is 0.